The van der Waals surface area contributed by atoms with Gasteiger partial charge < -0.3 is 14.8 Å². The van der Waals surface area contributed by atoms with E-state index in [-0.39, 0.29) is 18.0 Å². The maximum atomic E-state index is 13.0. The molecule has 2 heterocycles. The summed E-state index contributed by atoms with van der Waals surface area (Å²) in [6, 6.07) is 15.5. The molecule has 2 aromatic heterocycles. The van der Waals surface area contributed by atoms with Gasteiger partial charge in [-0.1, -0.05) is 37.3 Å². The van der Waals surface area contributed by atoms with Crippen molar-refractivity contribution in [1.29, 1.82) is 0 Å². The first-order valence-corrected chi connectivity index (χ1v) is 11.5. The van der Waals surface area contributed by atoms with E-state index in [1.165, 1.54) is 14.8 Å². The second-order valence-corrected chi connectivity index (χ2v) is 8.18. The molecule has 1 N–H and O–H groups in total. The van der Waals surface area contributed by atoms with Gasteiger partial charge in [0.25, 0.3) is 5.56 Å². The lowest BCUT2D eigenvalue weighted by molar-refractivity contribution is -0.121. The standard InChI is InChI=1S/C26H29N5O4/c1-5-18-6-9-20(10-7-18)21-15-22-26(33)30(28-17(2)31(22)29-21)16-25(32)27-13-12-19-8-11-23(34-3)24(14-19)35-4/h6-11,14-15H,5,12-13,16H2,1-4H3,(H,27,32). The Bertz CT molecular complexity index is 1410. The third-order valence-corrected chi connectivity index (χ3v) is 5.87. The van der Waals surface area contributed by atoms with Gasteiger partial charge in [-0.25, -0.2) is 9.20 Å². The van der Waals surface area contributed by atoms with Gasteiger partial charge in [0.05, 0.1) is 19.9 Å². The smallest absolute Gasteiger partial charge is 0.293 e. The molecule has 0 saturated carbocycles. The Labute approximate surface area is 203 Å². The molecule has 0 saturated heterocycles. The minimum absolute atomic E-state index is 0.173. The van der Waals surface area contributed by atoms with Crippen LogP contribution in [0.4, 0.5) is 0 Å². The third kappa shape index (κ3) is 5.18. The number of aromatic nitrogens is 4. The summed E-state index contributed by atoms with van der Waals surface area (Å²) >= 11 is 0. The average molecular weight is 476 g/mol. The molecular formula is C26H29N5O4. The van der Waals surface area contributed by atoms with Crippen LogP contribution >= 0.6 is 0 Å². The van der Waals surface area contributed by atoms with Crippen LogP contribution in [0.3, 0.4) is 0 Å². The normalized spacial score (nSPS) is 11.0. The topological polar surface area (TPSA) is 99.8 Å². The first kappa shape index (κ1) is 24.0. The first-order chi connectivity index (χ1) is 16.9. The zero-order valence-electron chi connectivity index (χ0n) is 20.4. The maximum Gasteiger partial charge on any atom is 0.293 e. The van der Waals surface area contributed by atoms with Gasteiger partial charge in [0.15, 0.2) is 11.5 Å². The molecule has 0 bridgehead atoms. The van der Waals surface area contributed by atoms with Gasteiger partial charge in [-0.3, -0.25) is 9.59 Å². The Kier molecular flexibility index (Phi) is 7.14. The fraction of sp³-hybridized carbons (Fsp3) is 0.308. The lowest BCUT2D eigenvalue weighted by Crippen LogP contribution is -2.35. The van der Waals surface area contributed by atoms with Crippen molar-refractivity contribution in [2.45, 2.75) is 33.2 Å². The highest BCUT2D eigenvalue weighted by molar-refractivity contribution is 5.75. The molecule has 182 valence electrons. The largest absolute Gasteiger partial charge is 0.493 e. The quantitative estimate of drug-likeness (QED) is 0.400. The molecule has 0 fully saturated rings. The maximum absolute atomic E-state index is 13.0. The summed E-state index contributed by atoms with van der Waals surface area (Å²) in [4.78, 5) is 25.6. The number of nitrogens with zero attached hydrogens (tertiary/aromatic N) is 4. The molecule has 0 radical (unpaired) electrons. The van der Waals surface area contributed by atoms with Gasteiger partial charge in [-0.15, -0.1) is 0 Å². The third-order valence-electron chi connectivity index (χ3n) is 5.87. The van der Waals surface area contributed by atoms with Gasteiger partial charge >= 0.3 is 0 Å². The van der Waals surface area contributed by atoms with Crippen LogP contribution in [0.2, 0.25) is 0 Å². The molecule has 0 unspecified atom stereocenters. The van der Waals surface area contributed by atoms with Crippen LogP contribution in [-0.2, 0) is 24.2 Å². The summed E-state index contributed by atoms with van der Waals surface area (Å²) in [7, 11) is 3.17. The molecule has 2 aromatic carbocycles. The van der Waals surface area contributed by atoms with Crippen molar-refractivity contribution in [3.8, 4) is 22.8 Å². The van der Waals surface area contributed by atoms with Crippen LogP contribution in [0.15, 0.2) is 53.3 Å². The molecule has 35 heavy (non-hydrogen) atoms. The lowest BCUT2D eigenvalue weighted by atomic mass is 10.1. The van der Waals surface area contributed by atoms with Gasteiger partial charge in [0.2, 0.25) is 5.91 Å². The van der Waals surface area contributed by atoms with E-state index in [4.69, 9.17) is 9.47 Å². The number of aryl methyl sites for hydroxylation is 2. The van der Waals surface area contributed by atoms with Gasteiger partial charge in [0.1, 0.15) is 17.9 Å². The molecular weight excluding hydrogens is 446 g/mol. The number of amides is 1. The predicted molar refractivity (Wildman–Crippen MR) is 133 cm³/mol. The number of benzene rings is 2. The fourth-order valence-electron chi connectivity index (χ4n) is 3.91. The minimum atomic E-state index is -0.366. The number of methoxy groups -OCH3 is 2. The Hall–Kier alpha value is -4.14. The molecule has 1 amide bonds. The van der Waals surface area contributed by atoms with Crippen LogP contribution in [0.25, 0.3) is 16.8 Å². The Morgan fingerprint density at radius 3 is 2.37 bits per heavy atom. The number of rotatable bonds is 9. The monoisotopic (exact) mass is 475 g/mol. The van der Waals surface area contributed by atoms with Gasteiger partial charge in [-0.2, -0.15) is 10.2 Å². The molecule has 4 rings (SSSR count). The van der Waals surface area contributed by atoms with E-state index in [0.717, 1.165) is 17.5 Å². The van der Waals surface area contributed by atoms with Crippen LogP contribution < -0.4 is 20.3 Å². The highest BCUT2D eigenvalue weighted by Crippen LogP contribution is 2.27. The zero-order chi connectivity index (χ0) is 24.9. The SMILES string of the molecule is CCc1ccc(-c2cc3c(=O)n(CC(=O)NCCc4ccc(OC)c(OC)c4)nc(C)n3n2)cc1. The highest BCUT2D eigenvalue weighted by Gasteiger charge is 2.15. The molecule has 0 atom stereocenters. The van der Waals surface area contributed by atoms with Crippen molar-refractivity contribution in [1.82, 2.24) is 24.7 Å². The van der Waals surface area contributed by atoms with Gasteiger partial charge in [-0.05, 0) is 49.1 Å². The van der Waals surface area contributed by atoms with E-state index in [0.29, 0.717) is 41.5 Å². The number of hydrogen-bond donors (Lipinski definition) is 1. The summed E-state index contributed by atoms with van der Waals surface area (Å²) in [6.45, 7) is 4.10. The van der Waals surface area contributed by atoms with Crippen molar-refractivity contribution in [3.05, 3.63) is 75.8 Å². The van der Waals surface area contributed by atoms with Crippen molar-refractivity contribution in [3.63, 3.8) is 0 Å². The van der Waals surface area contributed by atoms with Crippen molar-refractivity contribution in [2.24, 2.45) is 0 Å². The number of fused-ring (bicyclic) bond motifs is 1. The van der Waals surface area contributed by atoms with Crippen LogP contribution in [-0.4, -0.2) is 46.1 Å². The molecule has 0 aliphatic rings. The van der Waals surface area contributed by atoms with Crippen molar-refractivity contribution < 1.29 is 14.3 Å². The summed E-state index contributed by atoms with van der Waals surface area (Å²) < 4.78 is 13.3. The Morgan fingerprint density at radius 1 is 0.971 bits per heavy atom. The fourth-order valence-corrected chi connectivity index (χ4v) is 3.91. The molecule has 0 aliphatic heterocycles. The van der Waals surface area contributed by atoms with E-state index in [9.17, 15) is 9.59 Å². The molecule has 0 aliphatic carbocycles. The number of carbonyl (C=O) groups excluding carboxylic acids is 1. The highest BCUT2D eigenvalue weighted by atomic mass is 16.5. The Balaban J connectivity index is 1.45. The predicted octanol–water partition coefficient (Wildman–Crippen LogP) is 2.80. The summed E-state index contributed by atoms with van der Waals surface area (Å²) in [5, 5.41) is 11.7. The van der Waals surface area contributed by atoms with E-state index >= 15 is 0 Å². The van der Waals surface area contributed by atoms with Gasteiger partial charge in [0, 0.05) is 12.1 Å². The molecule has 9 heteroatoms. The second kappa shape index (κ2) is 10.4. The van der Waals surface area contributed by atoms with E-state index < -0.39 is 0 Å². The number of carbonyl (C=O) groups is 1. The number of ether oxygens (including phenoxy) is 2. The van der Waals surface area contributed by atoms with Crippen LogP contribution in [0.5, 0.6) is 11.5 Å². The minimum Gasteiger partial charge on any atom is -0.493 e. The summed E-state index contributed by atoms with van der Waals surface area (Å²) in [6.07, 6.45) is 1.56. The lowest BCUT2D eigenvalue weighted by Gasteiger charge is -2.10. The van der Waals surface area contributed by atoms with E-state index in [2.05, 4.69) is 34.6 Å². The average Bonchev–Trinajstić information content (AvgIpc) is 3.33. The zero-order valence-corrected chi connectivity index (χ0v) is 20.4. The first-order valence-electron chi connectivity index (χ1n) is 11.5. The molecule has 4 aromatic rings. The van der Waals surface area contributed by atoms with E-state index in [1.54, 1.807) is 27.2 Å². The van der Waals surface area contributed by atoms with Crippen LogP contribution in [0.1, 0.15) is 23.9 Å². The summed E-state index contributed by atoms with van der Waals surface area (Å²) in [5.74, 6) is 1.52. The number of hydrogen-bond acceptors (Lipinski definition) is 6. The number of nitrogens with one attached hydrogen (secondary N) is 1. The molecule has 0 spiro atoms. The summed E-state index contributed by atoms with van der Waals surface area (Å²) in [5.41, 5.74) is 3.85. The Morgan fingerprint density at radius 2 is 1.69 bits per heavy atom. The van der Waals surface area contributed by atoms with Crippen molar-refractivity contribution >= 4 is 11.4 Å². The molecule has 9 nitrogen and oxygen atoms in total. The van der Waals surface area contributed by atoms with Crippen molar-refractivity contribution in [2.75, 3.05) is 20.8 Å². The van der Waals surface area contributed by atoms with Crippen LogP contribution in [0, 0.1) is 6.92 Å². The second-order valence-electron chi connectivity index (χ2n) is 8.18. The van der Waals surface area contributed by atoms with E-state index in [1.807, 2.05) is 30.3 Å².